The van der Waals surface area contributed by atoms with E-state index in [-0.39, 0.29) is 18.7 Å². The Morgan fingerprint density at radius 1 is 1.31 bits per heavy atom. The predicted octanol–water partition coefficient (Wildman–Crippen LogP) is 2.59. The van der Waals surface area contributed by atoms with Crippen LogP contribution in [0.1, 0.15) is 18.4 Å². The quantitative estimate of drug-likeness (QED) is 0.852. The summed E-state index contributed by atoms with van der Waals surface area (Å²) in [6.45, 7) is 0.103. The first-order valence-corrected chi connectivity index (χ1v) is 8.08. The average Bonchev–Trinajstić information content (AvgIpc) is 2.65. The first-order chi connectivity index (χ1) is 12.4. The van der Waals surface area contributed by atoms with Crippen molar-refractivity contribution in [3.63, 3.8) is 0 Å². The Balaban J connectivity index is 1.98. The Morgan fingerprint density at radius 2 is 2.08 bits per heavy atom. The van der Waals surface area contributed by atoms with E-state index >= 15 is 0 Å². The summed E-state index contributed by atoms with van der Waals surface area (Å²) in [5, 5.41) is 3.48. The number of hydrogen-bond acceptors (Lipinski definition) is 4. The molecule has 1 N–H and O–H groups in total. The number of benzene rings is 1. The molecule has 5 nitrogen and oxygen atoms in total. The molecule has 136 valence electrons. The number of nitrogens with one attached hydrogen (secondary N) is 1. The number of fused-ring (bicyclic) bond motifs is 1. The Labute approximate surface area is 147 Å². The minimum Gasteiger partial charge on any atom is -0.379 e. The van der Waals surface area contributed by atoms with Gasteiger partial charge in [0.15, 0.2) is 0 Å². The number of alkyl halides is 3. The van der Waals surface area contributed by atoms with Gasteiger partial charge in [0.1, 0.15) is 5.94 Å². The van der Waals surface area contributed by atoms with E-state index in [0.29, 0.717) is 29.4 Å². The van der Waals surface area contributed by atoms with E-state index < -0.39 is 18.1 Å². The molecule has 0 radical (unpaired) electrons. The fourth-order valence-electron chi connectivity index (χ4n) is 3.15. The summed E-state index contributed by atoms with van der Waals surface area (Å²) in [7, 11) is 0. The van der Waals surface area contributed by atoms with Crippen LogP contribution in [0.15, 0.2) is 42.2 Å². The molecule has 0 bridgehead atoms. The average molecular weight is 363 g/mol. The van der Waals surface area contributed by atoms with Crippen LogP contribution in [0.3, 0.4) is 0 Å². The first-order valence-electron chi connectivity index (χ1n) is 8.08. The van der Waals surface area contributed by atoms with Crippen LogP contribution in [0.25, 0.3) is 10.9 Å². The molecular formula is C18H16F3N3O2. The highest BCUT2D eigenvalue weighted by Crippen LogP contribution is 2.28. The van der Waals surface area contributed by atoms with Gasteiger partial charge in [0.05, 0.1) is 11.2 Å². The maximum atomic E-state index is 13.1. The molecule has 1 aliphatic heterocycles. The van der Waals surface area contributed by atoms with Crippen molar-refractivity contribution in [3.05, 3.63) is 47.8 Å². The highest BCUT2D eigenvalue weighted by molar-refractivity contribution is 5.85. The molecule has 1 atom stereocenters. The molecular weight excluding hydrogens is 347 g/mol. The molecule has 0 spiro atoms. The molecule has 1 aromatic heterocycles. The summed E-state index contributed by atoms with van der Waals surface area (Å²) in [6.07, 6.45) is -3.14. The van der Waals surface area contributed by atoms with Crippen molar-refractivity contribution < 1.29 is 22.8 Å². The zero-order valence-electron chi connectivity index (χ0n) is 13.7. The standard InChI is InChI=1S/C18H16F3N3O2/c19-18(20,21)17(26)24(14-6-8-22-13(9-14)11-25)10-12-5-7-23-16-4-2-1-3-15(12)16/h1-5,7,14,22H,6,8-10H2. The zero-order chi connectivity index (χ0) is 18.7. The number of pyridine rings is 1. The Hall–Kier alpha value is -2.86. The first kappa shape index (κ1) is 17.9. The summed E-state index contributed by atoms with van der Waals surface area (Å²) in [6, 6.07) is 7.94. The molecule has 1 unspecified atom stereocenters. The molecule has 0 aliphatic carbocycles. The van der Waals surface area contributed by atoms with Gasteiger partial charge in [0, 0.05) is 37.1 Å². The van der Waals surface area contributed by atoms with Gasteiger partial charge in [-0.2, -0.15) is 13.2 Å². The SMILES string of the molecule is O=C=C1CC(N(Cc2ccnc3ccccc23)C(=O)C(F)(F)F)CCN1. The van der Waals surface area contributed by atoms with Gasteiger partial charge in [0.25, 0.3) is 0 Å². The lowest BCUT2D eigenvalue weighted by Crippen LogP contribution is -2.49. The van der Waals surface area contributed by atoms with E-state index in [2.05, 4.69) is 10.3 Å². The van der Waals surface area contributed by atoms with Gasteiger partial charge in [-0.05, 0) is 24.1 Å². The number of carbonyl (C=O) groups is 1. The van der Waals surface area contributed by atoms with Gasteiger partial charge in [-0.15, -0.1) is 0 Å². The van der Waals surface area contributed by atoms with E-state index in [1.165, 1.54) is 6.20 Å². The van der Waals surface area contributed by atoms with Crippen molar-refractivity contribution in [3.8, 4) is 0 Å². The number of amides is 1. The van der Waals surface area contributed by atoms with E-state index in [9.17, 15) is 22.8 Å². The van der Waals surface area contributed by atoms with Gasteiger partial charge in [-0.1, -0.05) is 18.2 Å². The number of nitrogens with zero attached hydrogens (tertiary/aromatic N) is 2. The summed E-state index contributed by atoms with van der Waals surface area (Å²) >= 11 is 0. The zero-order valence-corrected chi connectivity index (χ0v) is 13.7. The highest BCUT2D eigenvalue weighted by atomic mass is 19.4. The van der Waals surface area contributed by atoms with E-state index in [4.69, 9.17) is 0 Å². The van der Waals surface area contributed by atoms with Gasteiger partial charge >= 0.3 is 12.1 Å². The topological polar surface area (TPSA) is 62.3 Å². The minimum absolute atomic E-state index is 0.0222. The number of carbonyl (C=O) groups excluding carboxylic acids is 2. The molecule has 3 rings (SSSR count). The van der Waals surface area contributed by atoms with Crippen LogP contribution in [-0.4, -0.2) is 40.5 Å². The van der Waals surface area contributed by atoms with Crippen LogP contribution in [0.4, 0.5) is 13.2 Å². The number of hydrogen-bond donors (Lipinski definition) is 1. The third-order valence-corrected chi connectivity index (χ3v) is 4.40. The molecule has 2 heterocycles. The van der Waals surface area contributed by atoms with Gasteiger partial charge in [-0.25, -0.2) is 4.79 Å². The fraction of sp³-hybridized carbons (Fsp3) is 0.333. The van der Waals surface area contributed by atoms with Crippen molar-refractivity contribution in [2.75, 3.05) is 6.54 Å². The second kappa shape index (κ2) is 7.17. The molecule has 1 saturated heterocycles. The third kappa shape index (κ3) is 3.70. The lowest BCUT2D eigenvalue weighted by atomic mass is 10.0. The smallest absolute Gasteiger partial charge is 0.379 e. The number of aromatic nitrogens is 1. The third-order valence-electron chi connectivity index (χ3n) is 4.40. The van der Waals surface area contributed by atoms with Crippen molar-refractivity contribution in [1.82, 2.24) is 15.2 Å². The minimum atomic E-state index is -4.99. The fourth-order valence-corrected chi connectivity index (χ4v) is 3.15. The Bertz CT molecular complexity index is 870. The van der Waals surface area contributed by atoms with E-state index in [1.54, 1.807) is 36.3 Å². The maximum Gasteiger partial charge on any atom is 0.471 e. The normalized spacial score (nSPS) is 17.5. The van der Waals surface area contributed by atoms with E-state index in [0.717, 1.165) is 4.90 Å². The summed E-state index contributed by atoms with van der Waals surface area (Å²) in [5.74, 6) is -0.221. The molecule has 1 aliphatic rings. The maximum absolute atomic E-state index is 13.1. The molecule has 2 aromatic rings. The van der Waals surface area contributed by atoms with Crippen LogP contribution >= 0.6 is 0 Å². The largest absolute Gasteiger partial charge is 0.471 e. The van der Waals surface area contributed by atoms with Crippen molar-refractivity contribution in [1.29, 1.82) is 0 Å². The second-order valence-corrected chi connectivity index (χ2v) is 6.07. The lowest BCUT2D eigenvalue weighted by molar-refractivity contribution is -0.188. The number of halogens is 3. The van der Waals surface area contributed by atoms with Gasteiger partial charge in [0.2, 0.25) is 0 Å². The van der Waals surface area contributed by atoms with Crippen molar-refractivity contribution in [2.24, 2.45) is 0 Å². The summed E-state index contributed by atoms with van der Waals surface area (Å²) in [4.78, 5) is 27.9. The summed E-state index contributed by atoms with van der Waals surface area (Å²) in [5.41, 5.74) is 1.40. The van der Waals surface area contributed by atoms with Crippen molar-refractivity contribution in [2.45, 2.75) is 31.6 Å². The van der Waals surface area contributed by atoms with Crippen molar-refractivity contribution >= 4 is 22.8 Å². The number of rotatable bonds is 3. The van der Waals surface area contributed by atoms with Crippen LogP contribution in [-0.2, 0) is 16.1 Å². The Kier molecular flexibility index (Phi) is 4.95. The molecule has 0 saturated carbocycles. The monoisotopic (exact) mass is 363 g/mol. The number of para-hydroxylation sites is 1. The van der Waals surface area contributed by atoms with Crippen LogP contribution in [0.5, 0.6) is 0 Å². The highest BCUT2D eigenvalue weighted by Gasteiger charge is 2.45. The van der Waals surface area contributed by atoms with E-state index in [1.807, 2.05) is 0 Å². The van der Waals surface area contributed by atoms with Gasteiger partial charge < -0.3 is 10.2 Å². The summed E-state index contributed by atoms with van der Waals surface area (Å²) < 4.78 is 39.4. The predicted molar refractivity (Wildman–Crippen MR) is 88.6 cm³/mol. The van der Waals surface area contributed by atoms with Crippen LogP contribution in [0.2, 0.25) is 0 Å². The second-order valence-electron chi connectivity index (χ2n) is 6.07. The van der Waals surface area contributed by atoms with Crippen LogP contribution < -0.4 is 5.32 Å². The molecule has 26 heavy (non-hydrogen) atoms. The van der Waals surface area contributed by atoms with Gasteiger partial charge in [-0.3, -0.25) is 9.78 Å². The molecule has 1 fully saturated rings. The Morgan fingerprint density at radius 3 is 2.81 bits per heavy atom. The molecule has 1 amide bonds. The molecule has 8 heteroatoms. The lowest BCUT2D eigenvalue weighted by Gasteiger charge is -2.35. The number of piperidine rings is 1. The van der Waals surface area contributed by atoms with Crippen LogP contribution in [0, 0.1) is 0 Å². The molecule has 1 aromatic carbocycles.